The molecule has 0 fully saturated rings. The minimum Gasteiger partial charge on any atom is -0.419 e. The van der Waals surface area contributed by atoms with E-state index in [0.29, 0.717) is 4.48 Å². The molecule has 0 N–H and O–H groups in total. The maximum atomic E-state index is 6.83. The molecule has 3 heteroatoms. The van der Waals surface area contributed by atoms with E-state index in [4.69, 9.17) is 9.72 Å². The van der Waals surface area contributed by atoms with Crippen LogP contribution in [0.1, 0.15) is 71.6 Å². The molecule has 0 saturated carbocycles. The van der Waals surface area contributed by atoms with Gasteiger partial charge in [-0.25, -0.2) is 9.47 Å². The molecule has 2 aromatic rings. The summed E-state index contributed by atoms with van der Waals surface area (Å²) < 4.78 is 7.48. The van der Waals surface area contributed by atoms with Crippen molar-refractivity contribution in [3.8, 4) is 5.88 Å². The lowest BCUT2D eigenvalue weighted by molar-refractivity contribution is -0.0611. The summed E-state index contributed by atoms with van der Waals surface area (Å²) in [7, 11) is 2.31. The molecule has 2 aliphatic heterocycles. The van der Waals surface area contributed by atoms with Crippen LogP contribution in [0, 0.1) is 5.41 Å². The summed E-state index contributed by atoms with van der Waals surface area (Å²) >= 11 is 0. The monoisotopic (exact) mass is 405 g/mol. The lowest BCUT2D eigenvalue weighted by atomic mass is 9.52. The van der Waals surface area contributed by atoms with Gasteiger partial charge < -0.3 is 4.74 Å². The summed E-state index contributed by atoms with van der Waals surface area (Å²) in [5.74, 6) is 0.819. The molecule has 0 spiro atoms. The van der Waals surface area contributed by atoms with Crippen LogP contribution in [0.4, 0.5) is 11.4 Å². The molecule has 4 unspecified atom stereocenters. The van der Waals surface area contributed by atoms with Crippen LogP contribution >= 0.6 is 0 Å². The van der Waals surface area contributed by atoms with Crippen LogP contribution in [0.5, 0.6) is 5.88 Å². The van der Waals surface area contributed by atoms with E-state index < -0.39 is 0 Å². The predicted molar refractivity (Wildman–Crippen MR) is 126 cm³/mol. The van der Waals surface area contributed by atoms with Crippen molar-refractivity contribution in [2.45, 2.75) is 78.4 Å². The molecule has 0 saturated heterocycles. The molecule has 1 aromatic heterocycles. The van der Waals surface area contributed by atoms with E-state index in [1.165, 1.54) is 28.9 Å². The fourth-order valence-corrected chi connectivity index (χ4v) is 6.55. The number of quaternary nitrogens is 1. The minimum absolute atomic E-state index is 0.0297. The highest BCUT2D eigenvalue weighted by molar-refractivity contribution is 5.73. The zero-order chi connectivity index (χ0) is 21.7. The Hall–Kier alpha value is -2.13. The van der Waals surface area contributed by atoms with Crippen molar-refractivity contribution in [1.82, 2.24) is 9.47 Å². The molecular weight excluding hydrogens is 368 g/mol. The smallest absolute Gasteiger partial charge is 0.282 e. The normalized spacial score (nSPS) is 31.5. The van der Waals surface area contributed by atoms with Crippen LogP contribution in [-0.4, -0.2) is 18.3 Å². The number of rotatable bonds is 6. The van der Waals surface area contributed by atoms with Crippen molar-refractivity contribution in [1.29, 1.82) is 0 Å². The Morgan fingerprint density at radius 1 is 1.10 bits per heavy atom. The highest BCUT2D eigenvalue weighted by Gasteiger charge is 2.69. The van der Waals surface area contributed by atoms with E-state index in [1.54, 1.807) is 0 Å². The maximum absolute atomic E-state index is 6.83. The van der Waals surface area contributed by atoms with E-state index in [-0.39, 0.29) is 17.1 Å². The molecular formula is C27H37N2O+. The number of fused-ring (bicyclic) bond motifs is 5. The van der Waals surface area contributed by atoms with Gasteiger partial charge in [-0.1, -0.05) is 57.5 Å². The highest BCUT2D eigenvalue weighted by atomic mass is 16.5. The largest absolute Gasteiger partial charge is 0.419 e. The first-order valence-corrected chi connectivity index (χ1v) is 11.6. The number of benzene rings is 1. The zero-order valence-electron chi connectivity index (χ0n) is 19.6. The Labute approximate surface area is 182 Å². The average Bonchev–Trinajstić information content (AvgIpc) is 3.06. The Kier molecular flexibility index (Phi) is 5.09. The van der Waals surface area contributed by atoms with Crippen LogP contribution in [0.3, 0.4) is 0 Å². The fourth-order valence-electron chi connectivity index (χ4n) is 6.55. The SMILES string of the molecule is C=C(C)C1(CC)c2ccccc2[N+]2(C)c3ccc(CCCC)nc3OC2C1(C)CC. The number of pyridine rings is 1. The third kappa shape index (κ3) is 2.45. The van der Waals surface area contributed by atoms with Crippen molar-refractivity contribution >= 4 is 11.4 Å². The van der Waals surface area contributed by atoms with Crippen LogP contribution in [0.2, 0.25) is 0 Å². The van der Waals surface area contributed by atoms with Gasteiger partial charge in [-0.3, -0.25) is 0 Å². The number of para-hydroxylation sites is 1. The maximum Gasteiger partial charge on any atom is 0.282 e. The number of nitrogens with zero attached hydrogens (tertiary/aromatic N) is 2. The van der Waals surface area contributed by atoms with Crippen molar-refractivity contribution in [3.05, 3.63) is 59.8 Å². The van der Waals surface area contributed by atoms with Crippen molar-refractivity contribution in [2.24, 2.45) is 5.41 Å². The lowest BCUT2D eigenvalue weighted by Gasteiger charge is -2.58. The molecule has 3 heterocycles. The quantitative estimate of drug-likeness (QED) is 0.379. The van der Waals surface area contributed by atoms with Gasteiger partial charge in [-0.15, -0.1) is 0 Å². The van der Waals surface area contributed by atoms with Crippen molar-refractivity contribution < 1.29 is 4.74 Å². The number of allylic oxidation sites excluding steroid dienone is 1. The van der Waals surface area contributed by atoms with Crippen LogP contribution in [-0.2, 0) is 11.8 Å². The number of unbranched alkanes of at least 4 members (excludes halogenated alkanes) is 1. The number of ether oxygens (including phenoxy) is 1. The van der Waals surface area contributed by atoms with Crippen LogP contribution in [0.25, 0.3) is 0 Å². The lowest BCUT2D eigenvalue weighted by Crippen LogP contribution is -2.67. The molecule has 0 radical (unpaired) electrons. The van der Waals surface area contributed by atoms with E-state index in [2.05, 4.69) is 84.6 Å². The van der Waals surface area contributed by atoms with E-state index in [9.17, 15) is 0 Å². The van der Waals surface area contributed by atoms with E-state index in [1.807, 2.05) is 0 Å². The van der Waals surface area contributed by atoms with Gasteiger partial charge in [0.1, 0.15) is 5.69 Å². The Morgan fingerprint density at radius 3 is 2.47 bits per heavy atom. The summed E-state index contributed by atoms with van der Waals surface area (Å²) in [6.07, 6.45) is 5.33. The molecule has 0 aliphatic carbocycles. The average molecular weight is 406 g/mol. The molecule has 30 heavy (non-hydrogen) atoms. The second-order valence-electron chi connectivity index (χ2n) is 9.60. The first-order chi connectivity index (χ1) is 14.3. The second kappa shape index (κ2) is 7.23. The van der Waals surface area contributed by atoms with Crippen molar-refractivity contribution in [2.75, 3.05) is 7.05 Å². The molecule has 0 amide bonds. The molecule has 160 valence electrons. The van der Waals surface area contributed by atoms with Gasteiger partial charge in [0.05, 0.1) is 12.5 Å². The standard InChI is InChI=1S/C27H37N2O/c1-8-11-14-20-17-18-23-24(28-20)30-25-26(6,9-2)27(10-3,19(4)5)21-15-12-13-16-22(21)29(23,25)7/h12-13,15-18,25H,4,8-11,14H2,1-3,5-7H3/q+1. The van der Waals surface area contributed by atoms with Gasteiger partial charge in [-0.05, 0) is 51.7 Å². The van der Waals surface area contributed by atoms with Gasteiger partial charge in [0, 0.05) is 22.7 Å². The first-order valence-electron chi connectivity index (χ1n) is 11.6. The van der Waals surface area contributed by atoms with Crippen LogP contribution in [0.15, 0.2) is 48.6 Å². The van der Waals surface area contributed by atoms with Gasteiger partial charge >= 0.3 is 0 Å². The predicted octanol–water partition coefficient (Wildman–Crippen LogP) is 7.07. The first kappa shape index (κ1) is 21.1. The molecule has 1 aromatic carbocycles. The second-order valence-corrected chi connectivity index (χ2v) is 9.60. The Balaban J connectivity index is 2.00. The summed E-state index contributed by atoms with van der Waals surface area (Å²) in [5.41, 5.74) is 6.02. The Bertz CT molecular complexity index is 983. The van der Waals surface area contributed by atoms with Crippen molar-refractivity contribution in [3.63, 3.8) is 0 Å². The molecule has 0 bridgehead atoms. The topological polar surface area (TPSA) is 22.1 Å². The summed E-state index contributed by atoms with van der Waals surface area (Å²) in [5, 5.41) is 0. The number of aromatic nitrogens is 1. The van der Waals surface area contributed by atoms with Gasteiger partial charge in [0.2, 0.25) is 5.69 Å². The molecule has 4 atom stereocenters. The summed E-state index contributed by atoms with van der Waals surface area (Å²) in [6.45, 7) is 16.0. The minimum atomic E-state index is -0.131. The number of aryl methyl sites for hydroxylation is 1. The molecule has 3 nitrogen and oxygen atoms in total. The van der Waals surface area contributed by atoms with Gasteiger partial charge in [0.25, 0.3) is 12.1 Å². The van der Waals surface area contributed by atoms with Gasteiger partial charge in [0.15, 0.2) is 0 Å². The number of hydrogen-bond acceptors (Lipinski definition) is 2. The van der Waals surface area contributed by atoms with E-state index in [0.717, 1.165) is 37.3 Å². The van der Waals surface area contributed by atoms with Crippen LogP contribution < -0.4 is 9.22 Å². The molecule has 4 rings (SSSR count). The fraction of sp³-hybridized carbons (Fsp3) is 0.519. The molecule has 2 aliphatic rings. The summed E-state index contributed by atoms with van der Waals surface area (Å²) in [4.78, 5) is 4.99. The third-order valence-electron chi connectivity index (χ3n) is 8.25. The van der Waals surface area contributed by atoms with E-state index >= 15 is 0 Å². The van der Waals surface area contributed by atoms with Gasteiger partial charge in [-0.2, -0.15) is 0 Å². The Morgan fingerprint density at radius 2 is 1.83 bits per heavy atom. The highest BCUT2D eigenvalue weighted by Crippen LogP contribution is 2.66. The number of hydrogen-bond donors (Lipinski definition) is 0. The summed E-state index contributed by atoms with van der Waals surface area (Å²) in [6, 6.07) is 13.4. The third-order valence-corrected chi connectivity index (χ3v) is 8.25. The zero-order valence-corrected chi connectivity index (χ0v) is 19.6.